The van der Waals surface area contributed by atoms with Crippen molar-refractivity contribution < 1.29 is 8.83 Å². The van der Waals surface area contributed by atoms with Crippen LogP contribution in [0.2, 0.25) is 0 Å². The third-order valence-corrected chi connectivity index (χ3v) is 6.94. The van der Waals surface area contributed by atoms with Gasteiger partial charge in [-0.25, -0.2) is 15.0 Å². The third-order valence-electron chi connectivity index (χ3n) is 6.94. The average molecular weight is 490 g/mol. The molecule has 0 aliphatic heterocycles. The standard InChI is InChI=1S/C33H19N3O2/c1-3-9-20(10-4-1)31-34-32(21-11-5-2-6-12-21)36-33(35-31)22-15-18-28-26(19-22)25-17-16-24-23-13-7-8-14-27(23)37-29(24)30(25)38-28/h1-19H. The molecule has 8 rings (SSSR count). The lowest BCUT2D eigenvalue weighted by atomic mass is 10.1. The highest BCUT2D eigenvalue weighted by Crippen LogP contribution is 2.39. The van der Waals surface area contributed by atoms with E-state index in [1.807, 2.05) is 91.0 Å². The smallest absolute Gasteiger partial charge is 0.178 e. The molecule has 0 N–H and O–H groups in total. The average Bonchev–Trinajstić information content (AvgIpc) is 3.56. The maximum absolute atomic E-state index is 6.33. The summed E-state index contributed by atoms with van der Waals surface area (Å²) in [7, 11) is 0. The Morgan fingerprint density at radius 3 is 1.50 bits per heavy atom. The number of hydrogen-bond donors (Lipinski definition) is 0. The Kier molecular flexibility index (Phi) is 4.45. The van der Waals surface area contributed by atoms with Gasteiger partial charge in [-0.3, -0.25) is 0 Å². The molecule has 5 nitrogen and oxygen atoms in total. The van der Waals surface area contributed by atoms with E-state index in [1.165, 1.54) is 0 Å². The molecule has 0 unspecified atom stereocenters. The highest BCUT2D eigenvalue weighted by atomic mass is 16.4. The summed E-state index contributed by atoms with van der Waals surface area (Å²) in [5.74, 6) is 1.88. The SMILES string of the molecule is c1ccc(-c2nc(-c3ccccc3)nc(-c3ccc4oc5c(ccc6c7ccccc7oc65)c4c3)n2)cc1. The van der Waals surface area contributed by atoms with Gasteiger partial charge in [0.2, 0.25) is 0 Å². The number of para-hydroxylation sites is 1. The van der Waals surface area contributed by atoms with E-state index < -0.39 is 0 Å². The highest BCUT2D eigenvalue weighted by molar-refractivity contribution is 6.19. The van der Waals surface area contributed by atoms with Gasteiger partial charge in [0.25, 0.3) is 0 Å². The molecule has 8 aromatic rings. The quantitative estimate of drug-likeness (QED) is 0.248. The van der Waals surface area contributed by atoms with Gasteiger partial charge < -0.3 is 8.83 Å². The molecule has 3 heterocycles. The van der Waals surface area contributed by atoms with Gasteiger partial charge in [-0.15, -0.1) is 0 Å². The molecular formula is C33H19N3O2. The van der Waals surface area contributed by atoms with Gasteiger partial charge in [0.1, 0.15) is 11.2 Å². The summed E-state index contributed by atoms with van der Waals surface area (Å²) >= 11 is 0. The molecule has 5 heteroatoms. The molecule has 0 spiro atoms. The van der Waals surface area contributed by atoms with Crippen LogP contribution in [0.4, 0.5) is 0 Å². The second-order valence-corrected chi connectivity index (χ2v) is 9.27. The summed E-state index contributed by atoms with van der Waals surface area (Å²) in [6, 6.07) is 38.3. The lowest BCUT2D eigenvalue weighted by Crippen LogP contribution is -2.00. The van der Waals surface area contributed by atoms with Gasteiger partial charge in [-0.2, -0.15) is 0 Å². The first-order chi connectivity index (χ1) is 18.8. The van der Waals surface area contributed by atoms with E-state index in [0.717, 1.165) is 60.6 Å². The van der Waals surface area contributed by atoms with Gasteiger partial charge in [0.05, 0.1) is 0 Å². The first-order valence-electron chi connectivity index (χ1n) is 12.5. The minimum atomic E-state index is 0.610. The van der Waals surface area contributed by atoms with Crippen molar-refractivity contribution in [3.63, 3.8) is 0 Å². The number of rotatable bonds is 3. The fourth-order valence-electron chi connectivity index (χ4n) is 5.09. The fourth-order valence-corrected chi connectivity index (χ4v) is 5.09. The van der Waals surface area contributed by atoms with Crippen LogP contribution in [-0.4, -0.2) is 15.0 Å². The predicted octanol–water partition coefficient (Wildman–Crippen LogP) is 8.67. The summed E-state index contributed by atoms with van der Waals surface area (Å²) < 4.78 is 12.5. The number of benzene rings is 5. The monoisotopic (exact) mass is 489 g/mol. The van der Waals surface area contributed by atoms with Crippen LogP contribution in [0.25, 0.3) is 78.0 Å². The summed E-state index contributed by atoms with van der Waals surface area (Å²) in [5.41, 5.74) is 5.92. The zero-order chi connectivity index (χ0) is 25.1. The van der Waals surface area contributed by atoms with Crippen molar-refractivity contribution in [1.82, 2.24) is 15.0 Å². The number of fused-ring (bicyclic) bond motifs is 7. The molecule has 38 heavy (non-hydrogen) atoms. The molecule has 0 amide bonds. The zero-order valence-corrected chi connectivity index (χ0v) is 20.1. The van der Waals surface area contributed by atoms with Gasteiger partial charge in [-0.1, -0.05) is 78.9 Å². The number of aromatic nitrogens is 3. The Balaban J connectivity index is 1.35. The summed E-state index contributed by atoms with van der Waals surface area (Å²) in [4.78, 5) is 14.6. The van der Waals surface area contributed by atoms with Crippen LogP contribution in [0, 0.1) is 0 Å². The van der Waals surface area contributed by atoms with Gasteiger partial charge in [0.15, 0.2) is 28.6 Å². The first kappa shape index (κ1) is 20.9. The topological polar surface area (TPSA) is 65.0 Å². The molecule has 0 saturated carbocycles. The zero-order valence-electron chi connectivity index (χ0n) is 20.1. The molecule has 0 aliphatic rings. The first-order valence-corrected chi connectivity index (χ1v) is 12.5. The second-order valence-electron chi connectivity index (χ2n) is 9.27. The number of nitrogens with zero attached hydrogens (tertiary/aromatic N) is 3. The van der Waals surface area contributed by atoms with Gasteiger partial charge in [0, 0.05) is 38.2 Å². The van der Waals surface area contributed by atoms with Crippen molar-refractivity contribution in [2.45, 2.75) is 0 Å². The molecule has 3 aromatic heterocycles. The van der Waals surface area contributed by atoms with E-state index in [1.54, 1.807) is 0 Å². The minimum Gasteiger partial charge on any atom is -0.452 e. The summed E-state index contributed by atoms with van der Waals surface area (Å²) in [6.07, 6.45) is 0. The molecular weight excluding hydrogens is 470 g/mol. The lowest BCUT2D eigenvalue weighted by Gasteiger charge is -2.08. The van der Waals surface area contributed by atoms with E-state index in [0.29, 0.717) is 17.5 Å². The van der Waals surface area contributed by atoms with E-state index >= 15 is 0 Å². The van der Waals surface area contributed by atoms with Crippen molar-refractivity contribution >= 4 is 43.9 Å². The van der Waals surface area contributed by atoms with Crippen LogP contribution in [0.15, 0.2) is 124 Å². The molecule has 178 valence electrons. The van der Waals surface area contributed by atoms with Gasteiger partial charge in [-0.05, 0) is 36.4 Å². The maximum Gasteiger partial charge on any atom is 0.178 e. The molecule has 0 radical (unpaired) electrons. The van der Waals surface area contributed by atoms with E-state index in [9.17, 15) is 0 Å². The normalized spacial score (nSPS) is 11.7. The van der Waals surface area contributed by atoms with Crippen LogP contribution < -0.4 is 0 Å². The van der Waals surface area contributed by atoms with E-state index in [-0.39, 0.29) is 0 Å². The minimum absolute atomic E-state index is 0.610. The fraction of sp³-hybridized carbons (Fsp3) is 0. The molecule has 0 atom stereocenters. The van der Waals surface area contributed by atoms with Crippen molar-refractivity contribution in [3.05, 3.63) is 115 Å². The Hall–Kier alpha value is -5.29. The molecule has 0 bridgehead atoms. The Morgan fingerprint density at radius 2 is 0.868 bits per heavy atom. The number of hydrogen-bond acceptors (Lipinski definition) is 5. The van der Waals surface area contributed by atoms with E-state index in [4.69, 9.17) is 23.8 Å². The van der Waals surface area contributed by atoms with Crippen molar-refractivity contribution in [3.8, 4) is 34.2 Å². The maximum atomic E-state index is 6.33. The summed E-state index contributed by atoms with van der Waals surface area (Å²) in [5, 5.41) is 4.11. The van der Waals surface area contributed by atoms with Crippen molar-refractivity contribution in [1.29, 1.82) is 0 Å². The summed E-state index contributed by atoms with van der Waals surface area (Å²) in [6.45, 7) is 0. The number of furan rings is 2. The van der Waals surface area contributed by atoms with Crippen LogP contribution >= 0.6 is 0 Å². The predicted molar refractivity (Wildman–Crippen MR) is 151 cm³/mol. The molecule has 0 aliphatic carbocycles. The van der Waals surface area contributed by atoms with Crippen LogP contribution in [0.5, 0.6) is 0 Å². The largest absolute Gasteiger partial charge is 0.452 e. The Labute approximate surface area is 217 Å². The molecule has 5 aromatic carbocycles. The lowest BCUT2D eigenvalue weighted by molar-refractivity contribution is 0.633. The van der Waals surface area contributed by atoms with Gasteiger partial charge >= 0.3 is 0 Å². The van der Waals surface area contributed by atoms with Crippen molar-refractivity contribution in [2.75, 3.05) is 0 Å². The van der Waals surface area contributed by atoms with Crippen LogP contribution in [0.1, 0.15) is 0 Å². The second kappa shape index (κ2) is 8.11. The Morgan fingerprint density at radius 1 is 0.368 bits per heavy atom. The Bertz CT molecular complexity index is 2070. The van der Waals surface area contributed by atoms with Crippen LogP contribution in [-0.2, 0) is 0 Å². The molecule has 0 saturated heterocycles. The van der Waals surface area contributed by atoms with Crippen LogP contribution in [0.3, 0.4) is 0 Å². The van der Waals surface area contributed by atoms with Crippen molar-refractivity contribution in [2.24, 2.45) is 0 Å². The molecule has 0 fully saturated rings. The van der Waals surface area contributed by atoms with E-state index in [2.05, 4.69) is 24.3 Å². The third kappa shape index (κ3) is 3.22. The highest BCUT2D eigenvalue weighted by Gasteiger charge is 2.18.